The topological polar surface area (TPSA) is 29.3 Å². The fourth-order valence-corrected chi connectivity index (χ4v) is 0.924. The van der Waals surface area contributed by atoms with Gasteiger partial charge in [0.1, 0.15) is 19.4 Å². The zero-order valence-electron chi connectivity index (χ0n) is 6.83. The predicted octanol–water partition coefficient (Wildman–Crippen LogP) is 0.550. The number of carbonyl (C=O) groups is 1. The summed E-state index contributed by atoms with van der Waals surface area (Å²) >= 11 is 0. The Hall–Kier alpha value is -1.12. The zero-order chi connectivity index (χ0) is 8.27. The Morgan fingerprint density at radius 1 is 1.73 bits per heavy atom. The largest absolute Gasteiger partial charge is 0.431 e. The second-order valence-corrected chi connectivity index (χ2v) is 2.61. The first-order chi connectivity index (χ1) is 5.18. The number of carbonyl (C=O) groups excluding carboxylic acids is 1. The average Bonchev–Trinajstić information content (AvgIpc) is 1.93. The smallest absolute Gasteiger partial charge is 0.307 e. The van der Waals surface area contributed by atoms with Crippen LogP contribution in [0, 0.1) is 0 Å². The van der Waals surface area contributed by atoms with E-state index in [-0.39, 0.29) is 5.97 Å². The van der Waals surface area contributed by atoms with E-state index in [1.807, 2.05) is 23.9 Å². The maximum Gasteiger partial charge on any atom is 0.307 e. The van der Waals surface area contributed by atoms with E-state index < -0.39 is 0 Å². The Balaban J connectivity index is 2.54. The molecule has 0 aliphatic carbocycles. The van der Waals surface area contributed by atoms with Gasteiger partial charge in [0.25, 0.3) is 0 Å². The van der Waals surface area contributed by atoms with E-state index in [0.717, 1.165) is 18.7 Å². The van der Waals surface area contributed by atoms with Crippen LogP contribution in [0.4, 0.5) is 0 Å². The summed E-state index contributed by atoms with van der Waals surface area (Å²) in [6.45, 7) is 2.33. The van der Waals surface area contributed by atoms with Crippen LogP contribution < -0.4 is 0 Å². The van der Waals surface area contributed by atoms with Gasteiger partial charge in [-0.1, -0.05) is 0 Å². The fraction of sp³-hybridized carbons (Fsp3) is 0.500. The molecule has 0 aromatic heterocycles. The minimum atomic E-state index is -0.241. The molecule has 0 amide bonds. The van der Waals surface area contributed by atoms with Gasteiger partial charge in [0, 0.05) is 13.0 Å². The van der Waals surface area contributed by atoms with E-state index in [1.54, 1.807) is 0 Å². The third kappa shape index (κ3) is 2.53. The number of nitrogens with zero attached hydrogens (tertiary/aromatic N) is 1. The summed E-state index contributed by atoms with van der Waals surface area (Å²) in [5, 5.41) is 0. The lowest BCUT2D eigenvalue weighted by Crippen LogP contribution is -2.15. The standard InChI is InChI=1S/C8H12NO2/c1-7(10)11-8-3-5-9(2)6-4-8/h3,5H,4,6H2,1-2H3/q+1. The van der Waals surface area contributed by atoms with Crippen LogP contribution in [0.1, 0.15) is 13.3 Å². The number of esters is 1. The van der Waals surface area contributed by atoms with E-state index in [0.29, 0.717) is 0 Å². The molecule has 0 fully saturated rings. The van der Waals surface area contributed by atoms with Crippen molar-refractivity contribution in [2.75, 3.05) is 13.6 Å². The van der Waals surface area contributed by atoms with E-state index in [4.69, 9.17) is 4.74 Å². The molecule has 0 aromatic rings. The molecule has 0 bridgehead atoms. The molecule has 0 radical (unpaired) electrons. The second-order valence-electron chi connectivity index (χ2n) is 2.61. The normalized spacial score (nSPS) is 16.9. The minimum absolute atomic E-state index is 0.241. The van der Waals surface area contributed by atoms with Crippen LogP contribution in [0.15, 0.2) is 11.8 Å². The lowest BCUT2D eigenvalue weighted by molar-refractivity contribution is -0.493. The van der Waals surface area contributed by atoms with Crippen molar-refractivity contribution in [3.05, 3.63) is 11.8 Å². The predicted molar refractivity (Wildman–Crippen MR) is 41.6 cm³/mol. The van der Waals surface area contributed by atoms with Gasteiger partial charge >= 0.3 is 5.97 Å². The Morgan fingerprint density at radius 3 is 2.91 bits per heavy atom. The molecule has 0 saturated heterocycles. The van der Waals surface area contributed by atoms with E-state index in [2.05, 4.69) is 0 Å². The molecular weight excluding hydrogens is 142 g/mol. The first-order valence-electron chi connectivity index (χ1n) is 3.61. The molecular formula is C8H12NO2+. The molecule has 1 aliphatic rings. The van der Waals surface area contributed by atoms with Gasteiger partial charge in [-0.2, -0.15) is 0 Å². The highest BCUT2D eigenvalue weighted by Gasteiger charge is 2.09. The third-order valence-electron chi connectivity index (χ3n) is 1.50. The zero-order valence-corrected chi connectivity index (χ0v) is 6.83. The molecule has 0 saturated carbocycles. The number of rotatable bonds is 1. The summed E-state index contributed by atoms with van der Waals surface area (Å²) in [7, 11) is 1.99. The molecule has 60 valence electrons. The van der Waals surface area contributed by atoms with Crippen LogP contribution in [-0.2, 0) is 9.53 Å². The summed E-state index contributed by atoms with van der Waals surface area (Å²) < 4.78 is 6.95. The van der Waals surface area contributed by atoms with Crippen molar-refractivity contribution >= 4 is 12.2 Å². The lowest BCUT2D eigenvalue weighted by Gasteiger charge is -2.07. The quantitative estimate of drug-likeness (QED) is 0.407. The van der Waals surface area contributed by atoms with Gasteiger partial charge in [-0.3, -0.25) is 4.79 Å². The van der Waals surface area contributed by atoms with Crippen molar-refractivity contribution in [2.45, 2.75) is 13.3 Å². The van der Waals surface area contributed by atoms with Crippen molar-refractivity contribution in [2.24, 2.45) is 0 Å². The average molecular weight is 154 g/mol. The van der Waals surface area contributed by atoms with Crippen molar-refractivity contribution in [1.82, 2.24) is 0 Å². The molecule has 0 aromatic carbocycles. The van der Waals surface area contributed by atoms with Gasteiger partial charge in [-0.15, -0.1) is 0 Å². The number of hydrogen-bond acceptors (Lipinski definition) is 2. The Labute approximate surface area is 66.0 Å². The summed E-state index contributed by atoms with van der Waals surface area (Å²) in [6.07, 6.45) is 4.54. The molecule has 3 heteroatoms. The van der Waals surface area contributed by atoms with E-state index in [9.17, 15) is 4.79 Å². The van der Waals surface area contributed by atoms with Crippen LogP contribution in [0.5, 0.6) is 0 Å². The molecule has 0 N–H and O–H groups in total. The van der Waals surface area contributed by atoms with Crippen molar-refractivity contribution < 1.29 is 14.1 Å². The number of allylic oxidation sites excluding steroid dienone is 1. The Kier molecular flexibility index (Phi) is 2.41. The van der Waals surface area contributed by atoms with Crippen LogP contribution >= 0.6 is 0 Å². The second kappa shape index (κ2) is 3.32. The molecule has 3 nitrogen and oxygen atoms in total. The van der Waals surface area contributed by atoms with Crippen molar-refractivity contribution in [3.63, 3.8) is 0 Å². The minimum Gasteiger partial charge on any atom is -0.431 e. The summed E-state index contributed by atoms with van der Waals surface area (Å²) in [4.78, 5) is 10.5. The first-order valence-corrected chi connectivity index (χ1v) is 3.61. The highest BCUT2D eigenvalue weighted by molar-refractivity contribution is 5.71. The Morgan fingerprint density at radius 2 is 2.45 bits per heavy atom. The van der Waals surface area contributed by atoms with Crippen LogP contribution in [0.2, 0.25) is 0 Å². The maximum atomic E-state index is 10.5. The van der Waals surface area contributed by atoms with E-state index >= 15 is 0 Å². The summed E-state index contributed by atoms with van der Waals surface area (Å²) in [5.41, 5.74) is 0. The van der Waals surface area contributed by atoms with E-state index in [1.165, 1.54) is 6.92 Å². The first kappa shape index (κ1) is 7.98. The summed E-state index contributed by atoms with van der Waals surface area (Å²) in [5.74, 6) is 0.518. The maximum absolute atomic E-state index is 10.5. The molecule has 1 heterocycles. The molecule has 0 atom stereocenters. The fourth-order valence-electron chi connectivity index (χ4n) is 0.924. The van der Waals surface area contributed by atoms with Gasteiger partial charge in [-0.05, 0) is 0 Å². The van der Waals surface area contributed by atoms with Gasteiger partial charge in [0.05, 0.1) is 6.42 Å². The van der Waals surface area contributed by atoms with Gasteiger partial charge in [0.15, 0.2) is 6.21 Å². The van der Waals surface area contributed by atoms with Gasteiger partial charge in [-0.25, -0.2) is 4.58 Å². The van der Waals surface area contributed by atoms with Crippen molar-refractivity contribution in [3.8, 4) is 0 Å². The molecule has 0 spiro atoms. The number of ether oxygens (including phenoxy) is 1. The Bertz CT molecular complexity index is 228. The summed E-state index contributed by atoms with van der Waals surface area (Å²) in [6, 6.07) is 0. The van der Waals surface area contributed by atoms with Crippen molar-refractivity contribution in [1.29, 1.82) is 0 Å². The molecule has 1 aliphatic heterocycles. The van der Waals surface area contributed by atoms with Crippen LogP contribution in [-0.4, -0.2) is 30.4 Å². The van der Waals surface area contributed by atoms with Crippen LogP contribution in [0.25, 0.3) is 0 Å². The number of hydrogen-bond donors (Lipinski definition) is 0. The molecule has 0 unspecified atom stereocenters. The van der Waals surface area contributed by atoms with Crippen LogP contribution in [0.3, 0.4) is 0 Å². The third-order valence-corrected chi connectivity index (χ3v) is 1.50. The SMILES string of the molecule is CC(=O)OC1=CC=[N+](C)CC1. The van der Waals surface area contributed by atoms with Gasteiger partial charge < -0.3 is 4.74 Å². The molecule has 1 rings (SSSR count). The molecule has 11 heavy (non-hydrogen) atoms. The highest BCUT2D eigenvalue weighted by atomic mass is 16.5. The monoisotopic (exact) mass is 154 g/mol. The highest BCUT2D eigenvalue weighted by Crippen LogP contribution is 2.05. The van der Waals surface area contributed by atoms with Gasteiger partial charge in [0.2, 0.25) is 0 Å². The lowest BCUT2D eigenvalue weighted by atomic mass is 10.3.